The van der Waals surface area contributed by atoms with E-state index in [4.69, 9.17) is 5.11 Å². The second-order valence-electron chi connectivity index (χ2n) is 4.82. The molecule has 0 saturated carbocycles. The number of anilines is 1. The first-order chi connectivity index (χ1) is 8.69. The van der Waals surface area contributed by atoms with Crippen molar-refractivity contribution < 1.29 is 5.11 Å². The summed E-state index contributed by atoms with van der Waals surface area (Å²) in [5.41, 5.74) is 4.17. The number of nitriles is 1. The Morgan fingerprint density at radius 3 is 2.61 bits per heavy atom. The second-order valence-corrected chi connectivity index (χ2v) is 4.82. The molecule has 1 aromatic rings. The number of aromatic nitrogens is 1. The maximum absolute atomic E-state index is 9.40. The summed E-state index contributed by atoms with van der Waals surface area (Å²) in [6, 6.07) is 2.30. The van der Waals surface area contributed by atoms with Crippen molar-refractivity contribution in [3.8, 4) is 6.07 Å². The number of likely N-dealkylation sites (N-methyl/N-ethyl adjacent to an activating group) is 1. The van der Waals surface area contributed by atoms with Gasteiger partial charge in [0.05, 0.1) is 12.2 Å². The summed E-state index contributed by atoms with van der Waals surface area (Å²) in [5.74, 6) is 0.713. The van der Waals surface area contributed by atoms with Gasteiger partial charge < -0.3 is 10.0 Å². The predicted molar refractivity (Wildman–Crippen MR) is 70.7 cm³/mol. The van der Waals surface area contributed by atoms with Crippen LogP contribution in [0.2, 0.25) is 0 Å². The maximum Gasteiger partial charge on any atom is 0.146 e. The zero-order valence-electron chi connectivity index (χ0n) is 11.0. The number of nitrogens with zero attached hydrogens (tertiary/aromatic N) is 3. The Balaban J connectivity index is 2.54. The number of pyridine rings is 1. The largest absolute Gasteiger partial charge is 0.395 e. The minimum absolute atomic E-state index is 0.0686. The van der Waals surface area contributed by atoms with Crippen molar-refractivity contribution in [2.75, 3.05) is 25.1 Å². The maximum atomic E-state index is 9.40. The quantitative estimate of drug-likeness (QED) is 0.878. The van der Waals surface area contributed by atoms with Crippen LogP contribution in [0.3, 0.4) is 0 Å². The van der Waals surface area contributed by atoms with Crippen molar-refractivity contribution in [1.82, 2.24) is 4.98 Å². The van der Waals surface area contributed by atoms with Gasteiger partial charge in [0.25, 0.3) is 0 Å². The molecule has 0 unspecified atom stereocenters. The molecule has 2 rings (SSSR count). The molecule has 0 bridgehead atoms. The Morgan fingerprint density at radius 2 is 2.00 bits per heavy atom. The van der Waals surface area contributed by atoms with Gasteiger partial charge in [0.15, 0.2) is 0 Å². The Hall–Kier alpha value is -1.60. The Kier molecular flexibility index (Phi) is 3.83. The predicted octanol–water partition coefficient (Wildman–Crippen LogP) is 1.57. The van der Waals surface area contributed by atoms with Gasteiger partial charge in [-0.25, -0.2) is 4.98 Å². The van der Waals surface area contributed by atoms with Gasteiger partial charge in [0, 0.05) is 19.3 Å². The molecule has 4 heteroatoms. The lowest BCUT2D eigenvalue weighted by molar-refractivity contribution is 0.304. The molecule has 0 atom stereocenters. The van der Waals surface area contributed by atoms with Gasteiger partial charge in [-0.1, -0.05) is 0 Å². The molecule has 1 aliphatic rings. The molecule has 0 spiro atoms. The molecule has 0 fully saturated rings. The number of hydrogen-bond donors (Lipinski definition) is 1. The van der Waals surface area contributed by atoms with Crippen LogP contribution < -0.4 is 4.90 Å². The fourth-order valence-corrected chi connectivity index (χ4v) is 2.65. The minimum atomic E-state index is 0.0686. The molecule has 0 amide bonds. The van der Waals surface area contributed by atoms with Crippen molar-refractivity contribution in [2.24, 2.45) is 0 Å². The van der Waals surface area contributed by atoms with E-state index in [9.17, 15) is 5.26 Å². The second kappa shape index (κ2) is 5.36. The molecular formula is C14H19N3O. The summed E-state index contributed by atoms with van der Waals surface area (Å²) in [7, 11) is 1.87. The van der Waals surface area contributed by atoms with Gasteiger partial charge in [-0.15, -0.1) is 0 Å². The molecule has 0 saturated heterocycles. The van der Waals surface area contributed by atoms with Crippen LogP contribution >= 0.6 is 0 Å². The first kappa shape index (κ1) is 12.8. The van der Waals surface area contributed by atoms with E-state index in [-0.39, 0.29) is 6.61 Å². The Labute approximate surface area is 108 Å². The number of fused-ring (bicyclic) bond motifs is 1. The van der Waals surface area contributed by atoms with Crippen LogP contribution in [0, 0.1) is 18.3 Å². The third-order valence-corrected chi connectivity index (χ3v) is 3.61. The minimum Gasteiger partial charge on any atom is -0.395 e. The average molecular weight is 245 g/mol. The van der Waals surface area contributed by atoms with E-state index in [1.807, 2.05) is 18.9 Å². The highest BCUT2D eigenvalue weighted by molar-refractivity contribution is 5.61. The summed E-state index contributed by atoms with van der Waals surface area (Å²) in [6.45, 7) is 2.58. The molecule has 1 aliphatic carbocycles. The SMILES string of the molecule is Cc1nc(N(C)CCO)c(C#N)c2c1CCCC2. The number of hydrogen-bond acceptors (Lipinski definition) is 4. The van der Waals surface area contributed by atoms with Crippen molar-refractivity contribution in [2.45, 2.75) is 32.6 Å². The van der Waals surface area contributed by atoms with Crippen LogP contribution in [0.5, 0.6) is 0 Å². The monoisotopic (exact) mass is 245 g/mol. The van der Waals surface area contributed by atoms with E-state index < -0.39 is 0 Å². The summed E-state index contributed by atoms with van der Waals surface area (Å²) in [5, 5.41) is 18.4. The zero-order valence-corrected chi connectivity index (χ0v) is 11.0. The smallest absolute Gasteiger partial charge is 0.146 e. The molecule has 0 aromatic carbocycles. The van der Waals surface area contributed by atoms with Crippen LogP contribution in [0.1, 0.15) is 35.2 Å². The summed E-state index contributed by atoms with van der Waals surface area (Å²) in [6.07, 6.45) is 4.34. The van der Waals surface area contributed by atoms with Gasteiger partial charge in [-0.2, -0.15) is 5.26 Å². The highest BCUT2D eigenvalue weighted by atomic mass is 16.3. The topological polar surface area (TPSA) is 60.1 Å². The van der Waals surface area contributed by atoms with Gasteiger partial charge in [0.1, 0.15) is 11.9 Å². The summed E-state index contributed by atoms with van der Waals surface area (Å²) >= 11 is 0. The molecule has 1 heterocycles. The van der Waals surface area contributed by atoms with Crippen molar-refractivity contribution in [3.63, 3.8) is 0 Å². The average Bonchev–Trinajstić information content (AvgIpc) is 2.39. The van der Waals surface area contributed by atoms with Gasteiger partial charge in [-0.3, -0.25) is 0 Å². The lowest BCUT2D eigenvalue weighted by Crippen LogP contribution is -2.25. The van der Waals surface area contributed by atoms with E-state index in [0.29, 0.717) is 17.9 Å². The molecule has 1 N–H and O–H groups in total. The first-order valence-electron chi connectivity index (χ1n) is 6.43. The van der Waals surface area contributed by atoms with Crippen LogP contribution in [0.4, 0.5) is 5.82 Å². The number of aryl methyl sites for hydroxylation is 1. The Morgan fingerprint density at radius 1 is 1.33 bits per heavy atom. The molecule has 18 heavy (non-hydrogen) atoms. The summed E-state index contributed by atoms with van der Waals surface area (Å²) in [4.78, 5) is 6.43. The lowest BCUT2D eigenvalue weighted by Gasteiger charge is -2.25. The van der Waals surface area contributed by atoms with E-state index >= 15 is 0 Å². The molecule has 4 nitrogen and oxygen atoms in total. The van der Waals surface area contributed by atoms with Gasteiger partial charge in [-0.05, 0) is 43.7 Å². The van der Waals surface area contributed by atoms with E-state index in [1.165, 1.54) is 17.5 Å². The Bertz CT molecular complexity index is 491. The van der Waals surface area contributed by atoms with Crippen LogP contribution in [-0.2, 0) is 12.8 Å². The van der Waals surface area contributed by atoms with Crippen molar-refractivity contribution in [1.29, 1.82) is 5.26 Å². The number of aliphatic hydroxyl groups is 1. The molecule has 0 radical (unpaired) electrons. The molecular weight excluding hydrogens is 226 g/mol. The number of aliphatic hydroxyl groups excluding tert-OH is 1. The van der Waals surface area contributed by atoms with Crippen molar-refractivity contribution >= 4 is 5.82 Å². The fourth-order valence-electron chi connectivity index (χ4n) is 2.65. The fraction of sp³-hybridized carbons (Fsp3) is 0.571. The van der Waals surface area contributed by atoms with Crippen LogP contribution in [-0.4, -0.2) is 30.3 Å². The third-order valence-electron chi connectivity index (χ3n) is 3.61. The van der Waals surface area contributed by atoms with Crippen LogP contribution in [0.25, 0.3) is 0 Å². The lowest BCUT2D eigenvalue weighted by atomic mass is 9.88. The normalized spacial score (nSPS) is 13.9. The molecule has 96 valence electrons. The number of rotatable bonds is 3. The highest BCUT2D eigenvalue weighted by Crippen LogP contribution is 2.31. The third kappa shape index (κ3) is 2.19. The molecule has 1 aromatic heterocycles. The zero-order chi connectivity index (χ0) is 13.1. The standard InChI is InChI=1S/C14H19N3O/c1-10-11-5-3-4-6-12(11)13(9-15)14(16-10)17(2)7-8-18/h18H,3-8H2,1-2H3. The molecule has 0 aliphatic heterocycles. The highest BCUT2D eigenvalue weighted by Gasteiger charge is 2.21. The van der Waals surface area contributed by atoms with E-state index in [1.54, 1.807) is 0 Å². The van der Waals surface area contributed by atoms with Crippen molar-refractivity contribution in [3.05, 3.63) is 22.4 Å². The van der Waals surface area contributed by atoms with Crippen LogP contribution in [0.15, 0.2) is 0 Å². The van der Waals surface area contributed by atoms with Gasteiger partial charge in [0.2, 0.25) is 0 Å². The summed E-state index contributed by atoms with van der Waals surface area (Å²) < 4.78 is 0. The van der Waals surface area contributed by atoms with Gasteiger partial charge >= 0.3 is 0 Å². The first-order valence-corrected chi connectivity index (χ1v) is 6.43. The van der Waals surface area contributed by atoms with E-state index in [0.717, 1.165) is 25.0 Å². The van der Waals surface area contributed by atoms with E-state index in [2.05, 4.69) is 11.1 Å².